The highest BCUT2D eigenvalue weighted by Gasteiger charge is 2.48. The Morgan fingerprint density at radius 3 is 2.76 bits per heavy atom. The smallest absolute Gasteiger partial charge is 0.301 e. The van der Waals surface area contributed by atoms with E-state index in [2.05, 4.69) is 4.98 Å². The second kappa shape index (κ2) is 8.77. The molecule has 1 N–H and O–H groups in total. The number of non-ortho nitro benzene ring substituents is 1. The fourth-order valence-electron chi connectivity index (χ4n) is 5.00. The van der Waals surface area contributed by atoms with Gasteiger partial charge >= 0.3 is 5.91 Å². The number of nitro benzene ring substituents is 1. The maximum absolute atomic E-state index is 13.5. The van der Waals surface area contributed by atoms with Crippen molar-refractivity contribution >= 4 is 49.8 Å². The van der Waals surface area contributed by atoms with Gasteiger partial charge in [0, 0.05) is 24.1 Å². The molecule has 2 aliphatic rings. The van der Waals surface area contributed by atoms with Crippen LogP contribution in [0.4, 0.5) is 10.8 Å². The first-order valence-electron chi connectivity index (χ1n) is 11.9. The lowest BCUT2D eigenvalue weighted by molar-refractivity contribution is -0.384. The molecule has 0 radical (unpaired) electrons. The van der Waals surface area contributed by atoms with E-state index in [1.807, 2.05) is 32.0 Å². The van der Waals surface area contributed by atoms with Crippen molar-refractivity contribution < 1.29 is 24.4 Å². The summed E-state index contributed by atoms with van der Waals surface area (Å²) in [5, 5.41) is 23.3. The van der Waals surface area contributed by atoms with Gasteiger partial charge in [0.15, 0.2) is 5.13 Å². The van der Waals surface area contributed by atoms with Crippen molar-refractivity contribution in [2.45, 2.75) is 32.4 Å². The first-order valence-corrected chi connectivity index (χ1v) is 12.8. The summed E-state index contributed by atoms with van der Waals surface area (Å²) in [5.74, 6) is -1.41. The molecule has 2 atom stereocenters. The van der Waals surface area contributed by atoms with Crippen LogP contribution in [0.3, 0.4) is 0 Å². The fourth-order valence-corrected chi connectivity index (χ4v) is 6.09. The number of nitrogens with zero attached hydrogens (tertiary/aromatic N) is 3. The molecule has 190 valence electrons. The molecule has 4 aromatic rings. The lowest BCUT2D eigenvalue weighted by Crippen LogP contribution is -2.29. The number of ketones is 1. The molecule has 0 spiro atoms. The van der Waals surface area contributed by atoms with Gasteiger partial charge in [-0.05, 0) is 60.9 Å². The quantitative estimate of drug-likeness (QED) is 0.123. The lowest BCUT2D eigenvalue weighted by atomic mass is 9.94. The Kier molecular flexibility index (Phi) is 5.50. The minimum atomic E-state index is -1.11. The van der Waals surface area contributed by atoms with Crippen molar-refractivity contribution in [3.63, 3.8) is 0 Å². The molecule has 3 aromatic carbocycles. The molecule has 38 heavy (non-hydrogen) atoms. The number of aliphatic hydroxyl groups excluding tert-OH is 1. The number of carbonyl (C=O) groups is 2. The molecule has 3 heterocycles. The third kappa shape index (κ3) is 3.81. The summed E-state index contributed by atoms with van der Waals surface area (Å²) in [4.78, 5) is 43.8. The number of anilines is 1. The first-order chi connectivity index (χ1) is 18.2. The molecule has 10 heteroatoms. The van der Waals surface area contributed by atoms with E-state index in [9.17, 15) is 24.8 Å². The van der Waals surface area contributed by atoms with Gasteiger partial charge in [0.25, 0.3) is 11.5 Å². The predicted octanol–water partition coefficient (Wildman–Crippen LogP) is 5.46. The standard InChI is InChI=1S/C28H21N3O6S/c1-14-6-8-20-22(10-14)38-28(29-20)30-24(16-4-3-5-19(13-16)31(35)36)23(26(33)27(30)34)25(32)17-7-9-21-18(12-17)11-15(2)37-21/h3-10,12-13,15,24,32H,11H2,1-2H3/b25-23+. The molecule has 6 rings (SSSR count). The van der Waals surface area contributed by atoms with E-state index in [-0.39, 0.29) is 28.3 Å². The molecule has 1 fully saturated rings. The molecule has 2 aliphatic heterocycles. The van der Waals surface area contributed by atoms with Gasteiger partial charge in [0.05, 0.1) is 26.8 Å². The minimum Gasteiger partial charge on any atom is -0.507 e. The van der Waals surface area contributed by atoms with Crippen molar-refractivity contribution in [2.24, 2.45) is 0 Å². The summed E-state index contributed by atoms with van der Waals surface area (Å²) in [6.45, 7) is 3.88. The topological polar surface area (TPSA) is 123 Å². The van der Waals surface area contributed by atoms with E-state index >= 15 is 0 Å². The number of aliphatic hydroxyl groups is 1. The third-order valence-corrected chi connectivity index (χ3v) is 7.77. The fraction of sp³-hybridized carbons (Fsp3) is 0.179. The van der Waals surface area contributed by atoms with Crippen LogP contribution in [0.25, 0.3) is 16.0 Å². The highest BCUT2D eigenvalue weighted by atomic mass is 32.1. The highest BCUT2D eigenvalue weighted by molar-refractivity contribution is 7.22. The second-order valence-electron chi connectivity index (χ2n) is 9.44. The van der Waals surface area contributed by atoms with Crippen LogP contribution in [0.2, 0.25) is 0 Å². The molecular weight excluding hydrogens is 506 g/mol. The van der Waals surface area contributed by atoms with Crippen LogP contribution < -0.4 is 9.64 Å². The van der Waals surface area contributed by atoms with E-state index in [4.69, 9.17) is 4.74 Å². The summed E-state index contributed by atoms with van der Waals surface area (Å²) in [6, 6.07) is 15.4. The van der Waals surface area contributed by atoms with Crippen molar-refractivity contribution in [1.29, 1.82) is 0 Å². The minimum absolute atomic E-state index is 0.0134. The van der Waals surface area contributed by atoms with E-state index in [1.54, 1.807) is 24.3 Å². The predicted molar refractivity (Wildman–Crippen MR) is 142 cm³/mol. The average molecular weight is 528 g/mol. The van der Waals surface area contributed by atoms with Crippen LogP contribution in [0.15, 0.2) is 66.2 Å². The van der Waals surface area contributed by atoms with Crippen molar-refractivity contribution in [3.05, 3.63) is 98.6 Å². The maximum atomic E-state index is 13.5. The Bertz CT molecular complexity index is 1710. The van der Waals surface area contributed by atoms with E-state index in [1.165, 1.54) is 34.4 Å². The van der Waals surface area contributed by atoms with Gasteiger partial charge in [-0.2, -0.15) is 0 Å². The van der Waals surface area contributed by atoms with Crippen LogP contribution in [0.1, 0.15) is 35.2 Å². The maximum Gasteiger partial charge on any atom is 0.301 e. The van der Waals surface area contributed by atoms with Gasteiger partial charge in [-0.15, -0.1) is 0 Å². The van der Waals surface area contributed by atoms with Crippen LogP contribution >= 0.6 is 11.3 Å². The monoisotopic (exact) mass is 527 g/mol. The Labute approximate surface area is 220 Å². The van der Waals surface area contributed by atoms with Crippen molar-refractivity contribution in [1.82, 2.24) is 4.98 Å². The zero-order valence-corrected chi connectivity index (χ0v) is 21.2. The Morgan fingerprint density at radius 1 is 1.16 bits per heavy atom. The summed E-state index contributed by atoms with van der Waals surface area (Å²) in [6.07, 6.45) is 0.630. The molecular formula is C28H21N3O6S. The first kappa shape index (κ1) is 23.8. The van der Waals surface area contributed by atoms with Crippen molar-refractivity contribution in [2.75, 3.05) is 4.90 Å². The average Bonchev–Trinajstić information content (AvgIpc) is 3.55. The van der Waals surface area contributed by atoms with E-state index < -0.39 is 22.7 Å². The molecule has 2 unspecified atom stereocenters. The number of carbonyl (C=O) groups excluding carboxylic acids is 2. The Hall–Kier alpha value is -4.57. The number of hydrogen-bond acceptors (Lipinski definition) is 8. The van der Waals surface area contributed by atoms with Crippen LogP contribution in [-0.2, 0) is 16.0 Å². The van der Waals surface area contributed by atoms with Crippen LogP contribution in [-0.4, -0.2) is 32.8 Å². The van der Waals surface area contributed by atoms with Gasteiger partial charge in [-0.25, -0.2) is 4.98 Å². The lowest BCUT2D eigenvalue weighted by Gasteiger charge is -2.22. The van der Waals surface area contributed by atoms with Gasteiger partial charge in [-0.3, -0.25) is 24.6 Å². The largest absolute Gasteiger partial charge is 0.507 e. The van der Waals surface area contributed by atoms with Gasteiger partial charge < -0.3 is 9.84 Å². The summed E-state index contributed by atoms with van der Waals surface area (Å²) in [7, 11) is 0. The van der Waals surface area contributed by atoms with Gasteiger partial charge in [0.2, 0.25) is 0 Å². The molecule has 1 saturated heterocycles. The summed E-state index contributed by atoms with van der Waals surface area (Å²) >= 11 is 1.24. The molecule has 1 aromatic heterocycles. The molecule has 1 amide bonds. The van der Waals surface area contributed by atoms with Crippen LogP contribution in [0, 0.1) is 17.0 Å². The number of ether oxygens (including phenoxy) is 1. The zero-order valence-electron chi connectivity index (χ0n) is 20.4. The number of rotatable bonds is 4. The Balaban J connectivity index is 1.56. The number of Topliss-reactive ketones (excluding diaryl/α,β-unsaturated/α-hetero) is 1. The number of aromatic nitrogens is 1. The second-order valence-corrected chi connectivity index (χ2v) is 10.5. The number of thiazole rings is 1. The molecule has 0 bridgehead atoms. The number of benzene rings is 3. The van der Waals surface area contributed by atoms with Gasteiger partial charge in [0.1, 0.15) is 17.6 Å². The number of amides is 1. The Morgan fingerprint density at radius 2 is 1.97 bits per heavy atom. The van der Waals surface area contributed by atoms with Crippen LogP contribution in [0.5, 0.6) is 5.75 Å². The number of fused-ring (bicyclic) bond motifs is 2. The van der Waals surface area contributed by atoms with Crippen molar-refractivity contribution in [3.8, 4) is 5.75 Å². The normalized spacial score (nSPS) is 20.1. The van der Waals surface area contributed by atoms with E-state index in [0.717, 1.165) is 15.8 Å². The third-order valence-electron chi connectivity index (χ3n) is 6.75. The molecule has 0 aliphatic carbocycles. The summed E-state index contributed by atoms with van der Waals surface area (Å²) in [5.41, 5.74) is 2.87. The highest BCUT2D eigenvalue weighted by Crippen LogP contribution is 2.45. The summed E-state index contributed by atoms with van der Waals surface area (Å²) < 4.78 is 6.57. The molecule has 0 saturated carbocycles. The SMILES string of the molecule is Cc1ccc2nc(N3C(=O)C(=O)/C(=C(/O)c4ccc5c(c4)CC(C)O5)C3c3cccc([N+](=O)[O-])c3)sc2c1. The number of nitro groups is 1. The number of aryl methyl sites for hydroxylation is 1. The molecule has 9 nitrogen and oxygen atoms in total. The zero-order chi connectivity index (χ0) is 26.7. The number of hydrogen-bond donors (Lipinski definition) is 1. The van der Waals surface area contributed by atoms with Gasteiger partial charge in [-0.1, -0.05) is 29.5 Å². The van der Waals surface area contributed by atoms with E-state index in [0.29, 0.717) is 28.8 Å².